The second kappa shape index (κ2) is 7.63. The molecule has 2 heterocycles. The Morgan fingerprint density at radius 1 is 1.13 bits per heavy atom. The van der Waals surface area contributed by atoms with E-state index >= 15 is 0 Å². The van der Waals surface area contributed by atoms with Gasteiger partial charge in [-0.15, -0.1) is 0 Å². The molecule has 0 aliphatic heterocycles. The molecule has 160 valence electrons. The van der Waals surface area contributed by atoms with E-state index < -0.39 is 23.5 Å². The van der Waals surface area contributed by atoms with Crippen LogP contribution >= 0.6 is 0 Å². The quantitative estimate of drug-likeness (QED) is 0.613. The lowest BCUT2D eigenvalue weighted by molar-refractivity contribution is -0.141. The van der Waals surface area contributed by atoms with Gasteiger partial charge >= 0.3 is 11.6 Å². The van der Waals surface area contributed by atoms with Crippen LogP contribution < -0.4 is 10.9 Å². The fraction of sp³-hybridized carbons (Fsp3) is 0.435. The molecule has 0 aliphatic rings. The van der Waals surface area contributed by atoms with Crippen LogP contribution in [-0.2, 0) is 21.4 Å². The molecule has 0 fully saturated rings. The lowest BCUT2D eigenvalue weighted by Gasteiger charge is -2.17. The highest BCUT2D eigenvalue weighted by Gasteiger charge is 2.24. The van der Waals surface area contributed by atoms with Crippen LogP contribution in [-0.4, -0.2) is 23.0 Å². The molecule has 30 heavy (non-hydrogen) atoms. The number of hydrogen-bond acceptors (Lipinski definition) is 5. The molecule has 3 rings (SSSR count). The fourth-order valence-corrected chi connectivity index (χ4v) is 3.68. The van der Waals surface area contributed by atoms with Gasteiger partial charge in [-0.25, -0.2) is 4.79 Å². The third-order valence-corrected chi connectivity index (χ3v) is 5.50. The number of nitrogens with one attached hydrogen (secondary N) is 1. The Labute approximate surface area is 174 Å². The molecule has 1 amide bonds. The van der Waals surface area contributed by atoms with E-state index in [9.17, 15) is 14.4 Å². The molecule has 0 spiro atoms. The molecule has 1 unspecified atom stereocenters. The van der Waals surface area contributed by atoms with Gasteiger partial charge in [-0.1, -0.05) is 20.8 Å². The van der Waals surface area contributed by atoms with Gasteiger partial charge in [0.25, 0.3) is 0 Å². The van der Waals surface area contributed by atoms with E-state index in [1.165, 1.54) is 6.92 Å². The smallest absolute Gasteiger partial charge is 0.339 e. The molecule has 0 saturated carbocycles. The van der Waals surface area contributed by atoms with Gasteiger partial charge in [0.05, 0.1) is 6.26 Å². The van der Waals surface area contributed by atoms with E-state index in [2.05, 4.69) is 26.1 Å². The second-order valence-corrected chi connectivity index (χ2v) is 8.77. The number of benzene rings is 1. The van der Waals surface area contributed by atoms with Gasteiger partial charge in [0.1, 0.15) is 17.2 Å². The summed E-state index contributed by atoms with van der Waals surface area (Å²) in [5, 5.41) is 13.1. The van der Waals surface area contributed by atoms with Crippen molar-refractivity contribution in [3.05, 3.63) is 45.0 Å². The van der Waals surface area contributed by atoms with Gasteiger partial charge in [0, 0.05) is 33.9 Å². The van der Waals surface area contributed by atoms with Crippen LogP contribution in [0, 0.1) is 13.8 Å². The first-order valence-electron chi connectivity index (χ1n) is 9.91. The maximum atomic E-state index is 12.6. The third kappa shape index (κ3) is 3.84. The van der Waals surface area contributed by atoms with E-state index in [-0.39, 0.29) is 18.3 Å². The SMILES string of the molecule is Cc1c(CCC(=O)NC(C)C(=O)O)c(=O)oc2c(C)c3occ(C(C)(C)C)c3cc12. The molecule has 0 bridgehead atoms. The molecule has 0 aliphatic carbocycles. The predicted molar refractivity (Wildman–Crippen MR) is 114 cm³/mol. The van der Waals surface area contributed by atoms with Crippen molar-refractivity contribution >= 4 is 33.8 Å². The average molecular weight is 413 g/mol. The predicted octanol–water partition coefficient (Wildman–Crippen LogP) is 3.98. The summed E-state index contributed by atoms with van der Waals surface area (Å²) >= 11 is 0. The van der Waals surface area contributed by atoms with Crippen LogP contribution in [0.4, 0.5) is 0 Å². The lowest BCUT2D eigenvalue weighted by Crippen LogP contribution is -2.38. The number of amides is 1. The number of aliphatic carboxylic acids is 1. The molecule has 7 heteroatoms. The molecule has 0 radical (unpaired) electrons. The Morgan fingerprint density at radius 3 is 2.40 bits per heavy atom. The molecule has 0 saturated heterocycles. The van der Waals surface area contributed by atoms with Crippen LogP contribution in [0.3, 0.4) is 0 Å². The number of carbonyl (C=O) groups excluding carboxylic acids is 1. The summed E-state index contributed by atoms with van der Waals surface area (Å²) in [5.74, 6) is -1.54. The highest BCUT2D eigenvalue weighted by atomic mass is 16.4. The summed E-state index contributed by atoms with van der Waals surface area (Å²) in [7, 11) is 0. The van der Waals surface area contributed by atoms with Gasteiger partial charge < -0.3 is 19.3 Å². The second-order valence-electron chi connectivity index (χ2n) is 8.77. The topological polar surface area (TPSA) is 110 Å². The minimum absolute atomic E-state index is 0.00506. The van der Waals surface area contributed by atoms with E-state index in [4.69, 9.17) is 13.9 Å². The summed E-state index contributed by atoms with van der Waals surface area (Å²) in [5.41, 5.74) is 3.57. The number of rotatable bonds is 5. The molecular weight excluding hydrogens is 386 g/mol. The van der Waals surface area contributed by atoms with E-state index in [1.54, 1.807) is 6.26 Å². The maximum Gasteiger partial charge on any atom is 0.339 e. The van der Waals surface area contributed by atoms with Gasteiger partial charge in [-0.2, -0.15) is 0 Å². The Bertz CT molecular complexity index is 1210. The summed E-state index contributed by atoms with van der Waals surface area (Å²) in [6, 6.07) is 0.996. The van der Waals surface area contributed by atoms with Crippen molar-refractivity contribution in [2.45, 2.75) is 65.8 Å². The van der Waals surface area contributed by atoms with Crippen molar-refractivity contribution in [3.63, 3.8) is 0 Å². The number of hydrogen-bond donors (Lipinski definition) is 2. The van der Waals surface area contributed by atoms with Gasteiger partial charge in [0.2, 0.25) is 5.91 Å². The Morgan fingerprint density at radius 2 is 1.80 bits per heavy atom. The summed E-state index contributed by atoms with van der Waals surface area (Å²) in [6.45, 7) is 11.4. The Kier molecular flexibility index (Phi) is 5.50. The zero-order chi connectivity index (χ0) is 22.4. The number of furan rings is 1. The third-order valence-electron chi connectivity index (χ3n) is 5.50. The first kappa shape index (κ1) is 21.6. The molecule has 2 aromatic heterocycles. The molecule has 2 N–H and O–H groups in total. The zero-order valence-corrected chi connectivity index (χ0v) is 18.1. The van der Waals surface area contributed by atoms with Crippen LogP contribution in [0.5, 0.6) is 0 Å². The summed E-state index contributed by atoms with van der Waals surface area (Å²) in [6.07, 6.45) is 1.91. The van der Waals surface area contributed by atoms with Crippen LogP contribution in [0.1, 0.15) is 56.4 Å². The van der Waals surface area contributed by atoms with Crippen molar-refractivity contribution < 1.29 is 23.5 Å². The van der Waals surface area contributed by atoms with Gasteiger partial charge in [-0.05, 0) is 44.2 Å². The maximum absolute atomic E-state index is 12.6. The molecule has 1 aromatic carbocycles. The van der Waals surface area contributed by atoms with Crippen molar-refractivity contribution in [3.8, 4) is 0 Å². The minimum Gasteiger partial charge on any atom is -0.480 e. The molecule has 1 atom stereocenters. The first-order chi connectivity index (χ1) is 13.9. The highest BCUT2D eigenvalue weighted by Crippen LogP contribution is 2.37. The number of aryl methyl sites for hydroxylation is 2. The highest BCUT2D eigenvalue weighted by molar-refractivity contribution is 6.00. The van der Waals surface area contributed by atoms with Crippen LogP contribution in [0.15, 0.2) is 26.0 Å². The normalized spacial score (nSPS) is 13.0. The van der Waals surface area contributed by atoms with Crippen LogP contribution in [0.25, 0.3) is 21.9 Å². The molecule has 3 aromatic rings. The number of carbonyl (C=O) groups is 2. The Balaban J connectivity index is 2.05. The largest absolute Gasteiger partial charge is 0.480 e. The van der Waals surface area contributed by atoms with Crippen molar-refractivity contribution in [2.75, 3.05) is 0 Å². The Hall–Kier alpha value is -3.09. The van der Waals surface area contributed by atoms with E-state index in [0.717, 1.165) is 27.5 Å². The van der Waals surface area contributed by atoms with E-state index in [1.807, 2.05) is 19.9 Å². The standard InChI is InChI=1S/C23H27NO6/c1-11-14(7-8-18(25)24-13(3)21(26)27)22(28)30-20-12(2)19-16(9-15(11)20)17(10-29-19)23(4,5)6/h9-10,13H,7-8H2,1-6H3,(H,24,25)(H,26,27). The minimum atomic E-state index is -1.11. The lowest BCUT2D eigenvalue weighted by atomic mass is 9.86. The van der Waals surface area contributed by atoms with Gasteiger partial charge in [0.15, 0.2) is 0 Å². The van der Waals surface area contributed by atoms with Crippen molar-refractivity contribution in [1.82, 2.24) is 5.32 Å². The zero-order valence-electron chi connectivity index (χ0n) is 18.1. The number of fused-ring (bicyclic) bond motifs is 2. The molecule has 7 nitrogen and oxygen atoms in total. The summed E-state index contributed by atoms with van der Waals surface area (Å²) in [4.78, 5) is 35.6. The number of carboxylic acid groups (broad SMARTS) is 1. The fourth-order valence-electron chi connectivity index (χ4n) is 3.68. The van der Waals surface area contributed by atoms with Gasteiger partial charge in [-0.3, -0.25) is 9.59 Å². The average Bonchev–Trinajstić information content (AvgIpc) is 3.07. The number of carboxylic acids is 1. The van der Waals surface area contributed by atoms with Crippen molar-refractivity contribution in [2.24, 2.45) is 0 Å². The molecular formula is C23H27NO6. The van der Waals surface area contributed by atoms with Crippen LogP contribution in [0.2, 0.25) is 0 Å². The van der Waals surface area contributed by atoms with E-state index in [0.29, 0.717) is 16.7 Å². The monoisotopic (exact) mass is 413 g/mol. The van der Waals surface area contributed by atoms with Crippen molar-refractivity contribution in [1.29, 1.82) is 0 Å². The summed E-state index contributed by atoms with van der Waals surface area (Å²) < 4.78 is 11.4. The first-order valence-corrected chi connectivity index (χ1v) is 9.91.